The monoisotopic (exact) mass is 276 g/mol. The van der Waals surface area contributed by atoms with E-state index in [1.54, 1.807) is 24.1 Å². The van der Waals surface area contributed by atoms with Gasteiger partial charge in [0.2, 0.25) is 5.91 Å². The van der Waals surface area contributed by atoms with Crippen molar-refractivity contribution in [2.75, 3.05) is 26.7 Å². The summed E-state index contributed by atoms with van der Waals surface area (Å²) < 4.78 is 5.19. The SMILES string of the molecule is COc1cc(C(=O)NCC(=O)N2CCCC2)ccc1C. The lowest BCUT2D eigenvalue weighted by molar-refractivity contribution is -0.129. The summed E-state index contributed by atoms with van der Waals surface area (Å²) in [5.74, 6) is 0.397. The van der Waals surface area contributed by atoms with Gasteiger partial charge in [-0.1, -0.05) is 6.07 Å². The molecule has 0 aliphatic carbocycles. The number of ether oxygens (including phenoxy) is 1. The van der Waals surface area contributed by atoms with E-state index >= 15 is 0 Å². The average Bonchev–Trinajstić information content (AvgIpc) is 2.99. The van der Waals surface area contributed by atoms with Gasteiger partial charge < -0.3 is 15.0 Å². The van der Waals surface area contributed by atoms with Gasteiger partial charge in [0.25, 0.3) is 5.91 Å². The molecular weight excluding hydrogens is 256 g/mol. The highest BCUT2D eigenvalue weighted by molar-refractivity contribution is 5.96. The minimum absolute atomic E-state index is 0.0186. The lowest BCUT2D eigenvalue weighted by Crippen LogP contribution is -2.38. The molecule has 0 aromatic heterocycles. The lowest BCUT2D eigenvalue weighted by Gasteiger charge is -2.15. The molecule has 0 bridgehead atoms. The Hall–Kier alpha value is -2.04. The van der Waals surface area contributed by atoms with Crippen molar-refractivity contribution < 1.29 is 14.3 Å². The quantitative estimate of drug-likeness (QED) is 0.903. The summed E-state index contributed by atoms with van der Waals surface area (Å²) >= 11 is 0. The molecule has 1 fully saturated rings. The smallest absolute Gasteiger partial charge is 0.251 e. The van der Waals surface area contributed by atoms with E-state index in [-0.39, 0.29) is 18.4 Å². The predicted molar refractivity (Wildman–Crippen MR) is 75.9 cm³/mol. The summed E-state index contributed by atoms with van der Waals surface area (Å²) in [4.78, 5) is 25.6. The third-order valence-electron chi connectivity index (χ3n) is 3.53. The van der Waals surface area contributed by atoms with Gasteiger partial charge in [-0.3, -0.25) is 9.59 Å². The first-order valence-electron chi connectivity index (χ1n) is 6.82. The summed E-state index contributed by atoms with van der Waals surface area (Å²) in [6.45, 7) is 3.56. The molecule has 1 aliphatic heterocycles. The molecule has 0 radical (unpaired) electrons. The first kappa shape index (κ1) is 14.4. The van der Waals surface area contributed by atoms with Crippen molar-refractivity contribution in [3.05, 3.63) is 29.3 Å². The Labute approximate surface area is 118 Å². The molecule has 5 nitrogen and oxygen atoms in total. The number of amides is 2. The van der Waals surface area contributed by atoms with E-state index in [1.807, 2.05) is 13.0 Å². The molecule has 1 N–H and O–H groups in total. The largest absolute Gasteiger partial charge is 0.496 e. The molecule has 1 aromatic rings. The minimum atomic E-state index is -0.254. The Kier molecular flexibility index (Phi) is 4.61. The minimum Gasteiger partial charge on any atom is -0.496 e. The van der Waals surface area contributed by atoms with Crippen LogP contribution in [0, 0.1) is 6.92 Å². The Morgan fingerprint density at radius 3 is 2.65 bits per heavy atom. The van der Waals surface area contributed by atoms with Crippen molar-refractivity contribution in [3.8, 4) is 5.75 Å². The van der Waals surface area contributed by atoms with Gasteiger partial charge in [0.05, 0.1) is 13.7 Å². The molecule has 5 heteroatoms. The fourth-order valence-electron chi connectivity index (χ4n) is 2.30. The fraction of sp³-hybridized carbons (Fsp3) is 0.467. The Bertz CT molecular complexity index is 508. The number of likely N-dealkylation sites (tertiary alicyclic amines) is 1. The molecule has 108 valence electrons. The molecule has 20 heavy (non-hydrogen) atoms. The number of carbonyl (C=O) groups is 2. The van der Waals surface area contributed by atoms with Crippen LogP contribution in [0.3, 0.4) is 0 Å². The van der Waals surface area contributed by atoms with Crippen LogP contribution in [0.4, 0.5) is 0 Å². The van der Waals surface area contributed by atoms with Crippen LogP contribution in [0.5, 0.6) is 5.75 Å². The number of rotatable bonds is 4. The first-order chi connectivity index (χ1) is 9.61. The number of aryl methyl sites for hydroxylation is 1. The van der Waals surface area contributed by atoms with Crippen molar-refractivity contribution in [3.63, 3.8) is 0 Å². The van der Waals surface area contributed by atoms with Crippen LogP contribution in [0.25, 0.3) is 0 Å². The van der Waals surface area contributed by atoms with Crippen molar-refractivity contribution in [2.45, 2.75) is 19.8 Å². The molecule has 1 heterocycles. The third kappa shape index (κ3) is 3.29. The van der Waals surface area contributed by atoms with Crippen molar-refractivity contribution in [2.24, 2.45) is 0 Å². The van der Waals surface area contributed by atoms with Crippen LogP contribution in [-0.2, 0) is 4.79 Å². The number of benzene rings is 1. The van der Waals surface area contributed by atoms with Crippen LogP contribution in [0.2, 0.25) is 0 Å². The number of nitrogens with one attached hydrogen (secondary N) is 1. The fourth-order valence-corrected chi connectivity index (χ4v) is 2.30. The zero-order valence-electron chi connectivity index (χ0n) is 11.9. The van der Waals surface area contributed by atoms with Gasteiger partial charge in [-0.15, -0.1) is 0 Å². The van der Waals surface area contributed by atoms with E-state index in [4.69, 9.17) is 4.74 Å². The maximum Gasteiger partial charge on any atom is 0.251 e. The zero-order valence-corrected chi connectivity index (χ0v) is 11.9. The Morgan fingerprint density at radius 1 is 1.30 bits per heavy atom. The highest BCUT2D eigenvalue weighted by atomic mass is 16.5. The molecule has 2 amide bonds. The van der Waals surface area contributed by atoms with E-state index in [0.29, 0.717) is 11.3 Å². The second kappa shape index (κ2) is 6.41. The highest BCUT2D eigenvalue weighted by Crippen LogP contribution is 2.18. The molecule has 2 rings (SSSR count). The van der Waals surface area contributed by atoms with Crippen LogP contribution < -0.4 is 10.1 Å². The standard InChI is InChI=1S/C15H20N2O3/c1-11-5-6-12(9-13(11)20-2)15(19)16-10-14(18)17-7-3-4-8-17/h5-6,9H,3-4,7-8,10H2,1-2H3,(H,16,19). The summed E-state index contributed by atoms with van der Waals surface area (Å²) in [6.07, 6.45) is 2.10. The number of hydrogen-bond donors (Lipinski definition) is 1. The van der Waals surface area contributed by atoms with Gasteiger partial charge in [-0.05, 0) is 37.5 Å². The van der Waals surface area contributed by atoms with E-state index in [2.05, 4.69) is 5.32 Å². The summed E-state index contributed by atoms with van der Waals surface area (Å²) in [5, 5.41) is 2.66. The highest BCUT2D eigenvalue weighted by Gasteiger charge is 2.18. The topological polar surface area (TPSA) is 58.6 Å². The molecule has 0 saturated carbocycles. The first-order valence-corrected chi connectivity index (χ1v) is 6.82. The average molecular weight is 276 g/mol. The maximum atomic E-state index is 12.0. The van der Waals surface area contributed by atoms with Gasteiger partial charge >= 0.3 is 0 Å². The molecule has 0 unspecified atom stereocenters. The number of carbonyl (C=O) groups excluding carboxylic acids is 2. The van der Waals surface area contributed by atoms with Crippen LogP contribution in [0.1, 0.15) is 28.8 Å². The normalized spacial score (nSPS) is 14.2. The van der Waals surface area contributed by atoms with Gasteiger partial charge in [-0.25, -0.2) is 0 Å². The van der Waals surface area contributed by atoms with E-state index in [1.165, 1.54) is 0 Å². The van der Waals surface area contributed by atoms with Crippen LogP contribution >= 0.6 is 0 Å². The number of hydrogen-bond acceptors (Lipinski definition) is 3. The van der Waals surface area contributed by atoms with Crippen LogP contribution in [-0.4, -0.2) is 43.5 Å². The summed E-state index contributed by atoms with van der Waals surface area (Å²) in [5.41, 5.74) is 1.47. The maximum absolute atomic E-state index is 12.0. The lowest BCUT2D eigenvalue weighted by atomic mass is 10.1. The number of nitrogens with zero attached hydrogens (tertiary/aromatic N) is 1. The second-order valence-electron chi connectivity index (χ2n) is 4.95. The van der Waals surface area contributed by atoms with Gasteiger partial charge in [0, 0.05) is 18.7 Å². The van der Waals surface area contributed by atoms with Crippen molar-refractivity contribution in [1.82, 2.24) is 10.2 Å². The van der Waals surface area contributed by atoms with E-state index in [9.17, 15) is 9.59 Å². The molecule has 0 spiro atoms. The summed E-state index contributed by atoms with van der Waals surface area (Å²) in [7, 11) is 1.57. The molecule has 1 aliphatic rings. The zero-order chi connectivity index (χ0) is 14.5. The summed E-state index contributed by atoms with van der Waals surface area (Å²) in [6, 6.07) is 5.24. The molecule has 1 aromatic carbocycles. The van der Waals surface area contributed by atoms with E-state index in [0.717, 1.165) is 31.5 Å². The number of methoxy groups -OCH3 is 1. The Balaban J connectivity index is 1.92. The van der Waals surface area contributed by atoms with Crippen LogP contribution in [0.15, 0.2) is 18.2 Å². The van der Waals surface area contributed by atoms with Gasteiger partial charge in [0.1, 0.15) is 5.75 Å². The van der Waals surface area contributed by atoms with Gasteiger partial charge in [0.15, 0.2) is 0 Å². The van der Waals surface area contributed by atoms with Gasteiger partial charge in [-0.2, -0.15) is 0 Å². The molecule has 1 saturated heterocycles. The second-order valence-corrected chi connectivity index (χ2v) is 4.95. The van der Waals surface area contributed by atoms with E-state index < -0.39 is 0 Å². The third-order valence-corrected chi connectivity index (χ3v) is 3.53. The van der Waals surface area contributed by atoms with Crippen molar-refractivity contribution in [1.29, 1.82) is 0 Å². The Morgan fingerprint density at radius 2 is 2.00 bits per heavy atom. The predicted octanol–water partition coefficient (Wildman–Crippen LogP) is 1.36. The molecule has 0 atom stereocenters. The molecular formula is C15H20N2O3. The van der Waals surface area contributed by atoms with Crippen molar-refractivity contribution >= 4 is 11.8 Å².